The molecule has 10 nitrogen and oxygen atoms in total. The van der Waals surface area contributed by atoms with Gasteiger partial charge in [0.15, 0.2) is 23.0 Å². The van der Waals surface area contributed by atoms with Gasteiger partial charge in [-0.3, -0.25) is 14.6 Å². The number of aliphatic hydroxyl groups excluding tert-OH is 1. The number of hydrogen-bond donors (Lipinski definition) is 3. The minimum Gasteiger partial charge on any atom is -0.493 e. The number of benzene rings is 3. The molecule has 190 valence electrons. The Hall–Kier alpha value is -3.56. The molecule has 0 radical (unpaired) electrons. The largest absolute Gasteiger partial charge is 0.524 e. The maximum Gasteiger partial charge on any atom is 0.524 e. The van der Waals surface area contributed by atoms with Gasteiger partial charge in [-0.2, -0.15) is 0 Å². The quantitative estimate of drug-likeness (QED) is 0.289. The van der Waals surface area contributed by atoms with Crippen molar-refractivity contribution in [3.63, 3.8) is 0 Å². The first-order valence-corrected chi connectivity index (χ1v) is 12.4. The van der Waals surface area contributed by atoms with Gasteiger partial charge in [-0.05, 0) is 29.3 Å². The molecule has 0 unspecified atom stereocenters. The Labute approximate surface area is 207 Å². The highest BCUT2D eigenvalue weighted by Gasteiger charge is 2.50. The highest BCUT2D eigenvalue weighted by atomic mass is 31.2. The maximum atomic E-state index is 13.5. The summed E-state index contributed by atoms with van der Waals surface area (Å²) in [6.45, 7) is -0.342. The van der Waals surface area contributed by atoms with E-state index in [9.17, 15) is 24.3 Å². The molecule has 36 heavy (non-hydrogen) atoms. The van der Waals surface area contributed by atoms with Gasteiger partial charge in [-0.15, -0.1) is 0 Å². The molecule has 0 aromatic heterocycles. The summed E-state index contributed by atoms with van der Waals surface area (Å²) in [6, 6.07) is 16.6. The first-order chi connectivity index (χ1) is 17.2. The number of phosphoric acid groups is 1. The van der Waals surface area contributed by atoms with Crippen molar-refractivity contribution < 1.29 is 43.0 Å². The van der Waals surface area contributed by atoms with Crippen LogP contribution in [0.3, 0.4) is 0 Å². The smallest absolute Gasteiger partial charge is 0.493 e. The summed E-state index contributed by atoms with van der Waals surface area (Å²) in [4.78, 5) is 33.8. The average Bonchev–Trinajstić information content (AvgIpc) is 2.86. The Kier molecular flexibility index (Phi) is 7.23. The molecule has 1 fully saturated rings. The van der Waals surface area contributed by atoms with E-state index in [1.165, 1.54) is 33.5 Å². The second-order valence-corrected chi connectivity index (χ2v) is 9.20. The zero-order chi connectivity index (χ0) is 26.0. The van der Waals surface area contributed by atoms with Gasteiger partial charge in [-0.1, -0.05) is 36.4 Å². The second-order valence-electron chi connectivity index (χ2n) is 8.03. The fraction of sp³-hybridized carbons (Fsp3) is 0.240. The first-order valence-electron chi connectivity index (χ1n) is 10.9. The van der Waals surface area contributed by atoms with E-state index in [1.807, 2.05) is 30.3 Å². The Balaban J connectivity index is 1.86. The van der Waals surface area contributed by atoms with Crippen LogP contribution in [0.15, 0.2) is 60.7 Å². The summed E-state index contributed by atoms with van der Waals surface area (Å²) in [6.07, 6.45) is 0. The van der Waals surface area contributed by atoms with Gasteiger partial charge >= 0.3 is 7.82 Å². The van der Waals surface area contributed by atoms with Crippen molar-refractivity contribution in [3.8, 4) is 23.0 Å². The molecule has 4 rings (SSSR count). The standard InChI is InChI=1S/C25H26NO9P/c1-32-19-10-9-16(12-20(19)35-36(29,30)31)23-22(15-7-5-4-6-8-15)25(28)26(23)18-11-17(14-27)24(34-3)21(13-18)33-2/h4-13,22-23,27H,14H2,1-3H3,(H2,29,30,31)/t22-,23-/m0/s1. The third-order valence-corrected chi connectivity index (χ3v) is 6.43. The molecular weight excluding hydrogens is 489 g/mol. The van der Waals surface area contributed by atoms with E-state index in [2.05, 4.69) is 0 Å². The highest BCUT2D eigenvalue weighted by Crippen LogP contribution is 2.52. The van der Waals surface area contributed by atoms with Crippen molar-refractivity contribution in [2.24, 2.45) is 0 Å². The number of rotatable bonds is 9. The van der Waals surface area contributed by atoms with Crippen LogP contribution in [0, 0.1) is 0 Å². The van der Waals surface area contributed by atoms with Gasteiger partial charge in [0.25, 0.3) is 0 Å². The lowest BCUT2D eigenvalue weighted by atomic mass is 9.77. The van der Waals surface area contributed by atoms with Crippen LogP contribution in [0.25, 0.3) is 0 Å². The van der Waals surface area contributed by atoms with Crippen molar-refractivity contribution >= 4 is 19.4 Å². The normalized spacial score (nSPS) is 17.4. The molecule has 0 spiro atoms. The lowest BCUT2D eigenvalue weighted by Gasteiger charge is -2.48. The van der Waals surface area contributed by atoms with E-state index in [1.54, 1.807) is 23.1 Å². The Morgan fingerprint density at radius 3 is 2.14 bits per heavy atom. The number of phosphoric ester groups is 1. The molecule has 3 aromatic rings. The lowest BCUT2D eigenvalue weighted by molar-refractivity contribution is -0.126. The van der Waals surface area contributed by atoms with E-state index in [0.717, 1.165) is 5.56 Å². The number of amides is 1. The van der Waals surface area contributed by atoms with Gasteiger partial charge in [-0.25, -0.2) is 4.57 Å². The van der Waals surface area contributed by atoms with Crippen molar-refractivity contribution in [2.75, 3.05) is 26.2 Å². The van der Waals surface area contributed by atoms with Crippen LogP contribution in [0.1, 0.15) is 28.7 Å². The monoisotopic (exact) mass is 515 g/mol. The number of methoxy groups -OCH3 is 3. The molecule has 1 aliphatic heterocycles. The highest BCUT2D eigenvalue weighted by molar-refractivity contribution is 7.46. The van der Waals surface area contributed by atoms with Gasteiger partial charge in [0.05, 0.1) is 39.9 Å². The van der Waals surface area contributed by atoms with Crippen LogP contribution in [-0.4, -0.2) is 42.1 Å². The van der Waals surface area contributed by atoms with Crippen LogP contribution in [0.4, 0.5) is 5.69 Å². The van der Waals surface area contributed by atoms with Crippen LogP contribution < -0.4 is 23.6 Å². The molecular formula is C25H26NO9P. The van der Waals surface area contributed by atoms with Crippen LogP contribution in [0.5, 0.6) is 23.0 Å². The van der Waals surface area contributed by atoms with E-state index < -0.39 is 19.8 Å². The third kappa shape index (κ3) is 4.76. The number of ether oxygens (including phenoxy) is 3. The van der Waals surface area contributed by atoms with Crippen LogP contribution in [-0.2, 0) is 16.0 Å². The summed E-state index contributed by atoms with van der Waals surface area (Å²) in [5.74, 6) is -0.102. The molecule has 3 aromatic carbocycles. The van der Waals surface area contributed by atoms with Crippen molar-refractivity contribution in [1.82, 2.24) is 0 Å². The molecule has 1 aliphatic rings. The van der Waals surface area contributed by atoms with Gasteiger partial charge in [0.2, 0.25) is 5.91 Å². The summed E-state index contributed by atoms with van der Waals surface area (Å²) in [5.41, 5.74) is 2.24. The van der Waals surface area contributed by atoms with Crippen molar-refractivity contribution in [3.05, 3.63) is 77.4 Å². The SMILES string of the molecule is COc1ccc([C@H]2[C@H](c3ccccc3)C(=O)N2c2cc(CO)c(OC)c(OC)c2)cc1OP(=O)(O)O. The van der Waals surface area contributed by atoms with E-state index >= 15 is 0 Å². The number of carbonyl (C=O) groups is 1. The zero-order valence-corrected chi connectivity index (χ0v) is 20.7. The predicted octanol–water partition coefficient (Wildman–Crippen LogP) is 3.55. The van der Waals surface area contributed by atoms with Gasteiger partial charge in [0.1, 0.15) is 0 Å². The number of β-lactam (4-membered cyclic amide) rings is 1. The molecule has 1 saturated heterocycles. The third-order valence-electron chi connectivity index (χ3n) is 5.99. The summed E-state index contributed by atoms with van der Waals surface area (Å²) < 4.78 is 32.4. The topological polar surface area (TPSA) is 135 Å². The number of aliphatic hydroxyl groups is 1. The number of hydrogen-bond acceptors (Lipinski definition) is 7. The minimum absolute atomic E-state index is 0.129. The zero-order valence-electron chi connectivity index (χ0n) is 19.8. The van der Waals surface area contributed by atoms with Crippen LogP contribution >= 0.6 is 7.82 Å². The Morgan fingerprint density at radius 2 is 1.56 bits per heavy atom. The maximum absolute atomic E-state index is 13.5. The van der Waals surface area contributed by atoms with Gasteiger partial charge in [0, 0.05) is 17.3 Å². The second kappa shape index (κ2) is 10.2. The molecule has 0 bridgehead atoms. The molecule has 11 heteroatoms. The predicted molar refractivity (Wildman–Crippen MR) is 131 cm³/mol. The molecule has 0 saturated carbocycles. The van der Waals surface area contributed by atoms with Crippen LogP contribution in [0.2, 0.25) is 0 Å². The number of nitrogens with zero attached hydrogens (tertiary/aromatic N) is 1. The Bertz CT molecular complexity index is 1280. The molecule has 2 atom stereocenters. The van der Waals surface area contributed by atoms with E-state index in [4.69, 9.17) is 18.7 Å². The fourth-order valence-electron chi connectivity index (χ4n) is 4.46. The average molecular weight is 515 g/mol. The van der Waals surface area contributed by atoms with Crippen molar-refractivity contribution in [1.29, 1.82) is 0 Å². The minimum atomic E-state index is -4.88. The van der Waals surface area contributed by atoms with Crippen molar-refractivity contribution in [2.45, 2.75) is 18.6 Å². The van der Waals surface area contributed by atoms with E-state index in [0.29, 0.717) is 28.3 Å². The first kappa shape index (κ1) is 25.5. The fourth-order valence-corrected chi connectivity index (χ4v) is 4.86. The molecule has 3 N–H and O–H groups in total. The Morgan fingerprint density at radius 1 is 0.861 bits per heavy atom. The van der Waals surface area contributed by atoms with Gasteiger partial charge < -0.3 is 28.7 Å². The number of carbonyl (C=O) groups excluding carboxylic acids is 1. The summed E-state index contributed by atoms with van der Waals surface area (Å²) in [5, 5.41) is 9.90. The lowest BCUT2D eigenvalue weighted by Crippen LogP contribution is -2.53. The molecule has 1 amide bonds. The molecule has 0 aliphatic carbocycles. The number of anilines is 1. The molecule has 1 heterocycles. The van der Waals surface area contributed by atoms with E-state index in [-0.39, 0.29) is 24.0 Å². The summed E-state index contributed by atoms with van der Waals surface area (Å²) >= 11 is 0. The summed E-state index contributed by atoms with van der Waals surface area (Å²) in [7, 11) is -0.605.